The molecule has 8 heteroatoms. The third-order valence-electron chi connectivity index (χ3n) is 8.36. The Morgan fingerprint density at radius 1 is 0.659 bits per heavy atom. The first-order chi connectivity index (χ1) is 19.8. The Balaban J connectivity index is 1.24. The summed E-state index contributed by atoms with van der Waals surface area (Å²) in [4.78, 5) is 55.0. The maximum absolute atomic E-state index is 14.3. The van der Waals surface area contributed by atoms with Crippen molar-refractivity contribution in [1.82, 2.24) is 0 Å². The summed E-state index contributed by atoms with van der Waals surface area (Å²) in [5.41, 5.74) is 4.63. The molecule has 4 aromatic rings. The van der Waals surface area contributed by atoms with Crippen LogP contribution in [0.1, 0.15) is 43.0 Å². The summed E-state index contributed by atoms with van der Waals surface area (Å²) in [5, 5.41) is 0. The molecular weight excluding hydrogens is 650 g/mol. The van der Waals surface area contributed by atoms with Gasteiger partial charge in [-0.05, 0) is 40.5 Å². The lowest BCUT2D eigenvalue weighted by atomic mass is 9.54. The number of benzene rings is 4. The minimum atomic E-state index is -0.907. The molecule has 3 aliphatic carbocycles. The van der Waals surface area contributed by atoms with Gasteiger partial charge in [0.15, 0.2) is 12.4 Å². The van der Waals surface area contributed by atoms with Crippen LogP contribution < -0.4 is 4.90 Å². The highest BCUT2D eigenvalue weighted by Crippen LogP contribution is 2.70. The summed E-state index contributed by atoms with van der Waals surface area (Å²) >= 11 is 7.99. The van der Waals surface area contributed by atoms with E-state index in [9.17, 15) is 19.2 Å². The Labute approximate surface area is 252 Å². The molecule has 1 aliphatic heterocycles. The molecule has 0 spiro atoms. The number of hydrogen-bond donors (Lipinski definition) is 0. The number of ether oxygens (including phenoxy) is 1. The molecule has 4 aliphatic rings. The second-order valence-corrected chi connectivity index (χ2v) is 12.9. The van der Waals surface area contributed by atoms with E-state index >= 15 is 0 Å². The van der Waals surface area contributed by atoms with Gasteiger partial charge in [-0.3, -0.25) is 14.4 Å². The Kier molecular flexibility index (Phi) is 5.92. The van der Waals surface area contributed by atoms with E-state index < -0.39 is 33.1 Å². The standard InChI is InChI=1S/C33H21Br2NO5/c34-32-22-13-4-5-14-23(22)33(35,25-16-7-6-15-24(25)32)28-27(32)29(38)36(30(28)39)21-12-8-11-20(17-21)31(40)41-18-26(37)19-9-2-1-3-10-19/h1-17,27-28H,18H2. The lowest BCUT2D eigenvalue weighted by Crippen LogP contribution is -2.56. The zero-order valence-electron chi connectivity index (χ0n) is 21.4. The van der Waals surface area contributed by atoms with Crippen molar-refractivity contribution in [2.75, 3.05) is 11.5 Å². The Hall–Kier alpha value is -3.88. The number of carbonyl (C=O) groups is 4. The molecule has 0 N–H and O–H groups in total. The van der Waals surface area contributed by atoms with Crippen molar-refractivity contribution in [2.45, 2.75) is 8.65 Å². The zero-order chi connectivity index (χ0) is 28.5. The van der Waals surface area contributed by atoms with Crippen LogP contribution in [0.4, 0.5) is 5.69 Å². The lowest BCUT2D eigenvalue weighted by molar-refractivity contribution is -0.122. The lowest BCUT2D eigenvalue weighted by Gasteiger charge is -2.55. The summed E-state index contributed by atoms with van der Waals surface area (Å²) in [6.45, 7) is -0.423. The van der Waals surface area contributed by atoms with Gasteiger partial charge in [-0.15, -0.1) is 0 Å². The minimum Gasteiger partial charge on any atom is -0.454 e. The quantitative estimate of drug-likeness (QED) is 0.110. The van der Waals surface area contributed by atoms with E-state index in [1.54, 1.807) is 42.5 Å². The summed E-state index contributed by atoms with van der Waals surface area (Å²) in [6.07, 6.45) is 0. The highest BCUT2D eigenvalue weighted by atomic mass is 79.9. The average Bonchev–Trinajstić information content (AvgIpc) is 3.29. The largest absolute Gasteiger partial charge is 0.454 e. The number of nitrogens with zero attached hydrogens (tertiary/aromatic N) is 1. The van der Waals surface area contributed by atoms with E-state index in [-0.39, 0.29) is 28.8 Å². The highest BCUT2D eigenvalue weighted by molar-refractivity contribution is 9.10. The molecule has 2 unspecified atom stereocenters. The number of imide groups is 1. The van der Waals surface area contributed by atoms with Crippen molar-refractivity contribution in [3.63, 3.8) is 0 Å². The second kappa shape index (κ2) is 9.33. The molecule has 1 heterocycles. The van der Waals surface area contributed by atoms with Crippen molar-refractivity contribution in [1.29, 1.82) is 0 Å². The van der Waals surface area contributed by atoms with Crippen LogP contribution in [-0.2, 0) is 23.0 Å². The molecule has 2 bridgehead atoms. The van der Waals surface area contributed by atoms with Gasteiger partial charge in [0.25, 0.3) is 0 Å². The molecular formula is C33H21Br2NO5. The molecule has 2 atom stereocenters. The van der Waals surface area contributed by atoms with Gasteiger partial charge < -0.3 is 4.74 Å². The first-order valence-electron chi connectivity index (χ1n) is 13.1. The van der Waals surface area contributed by atoms with Gasteiger partial charge in [0.2, 0.25) is 11.8 Å². The smallest absolute Gasteiger partial charge is 0.338 e. The molecule has 4 aromatic carbocycles. The molecule has 2 amide bonds. The van der Waals surface area contributed by atoms with E-state index in [1.807, 2.05) is 48.5 Å². The van der Waals surface area contributed by atoms with E-state index in [0.717, 1.165) is 22.3 Å². The minimum absolute atomic E-state index is 0.135. The maximum Gasteiger partial charge on any atom is 0.338 e. The summed E-state index contributed by atoms with van der Waals surface area (Å²) in [5.74, 6) is -3.20. The molecule has 0 radical (unpaired) electrons. The van der Waals surface area contributed by atoms with Crippen LogP contribution in [-0.4, -0.2) is 30.2 Å². The van der Waals surface area contributed by atoms with E-state index in [0.29, 0.717) is 5.56 Å². The number of rotatable bonds is 5. The van der Waals surface area contributed by atoms with Gasteiger partial charge in [0, 0.05) is 5.56 Å². The predicted molar refractivity (Wildman–Crippen MR) is 159 cm³/mol. The third-order valence-corrected chi connectivity index (χ3v) is 11.1. The number of hydrogen-bond acceptors (Lipinski definition) is 5. The number of alkyl halides is 2. The molecule has 0 aromatic heterocycles. The SMILES string of the molecule is O=C(COC(=O)c1cccc(N2C(=O)C3C(C2=O)C2(Br)c4ccccc4C3(Br)c3ccccc32)c1)c1ccccc1. The van der Waals surface area contributed by atoms with Crippen LogP contribution in [0.15, 0.2) is 103 Å². The van der Waals surface area contributed by atoms with E-state index in [2.05, 4.69) is 31.9 Å². The van der Waals surface area contributed by atoms with E-state index in [4.69, 9.17) is 4.74 Å². The predicted octanol–water partition coefficient (Wildman–Crippen LogP) is 6.14. The number of Topliss-reactive ketones (excluding diaryl/α,β-unsaturated/α-hetero) is 1. The normalized spacial score (nSPS) is 25.4. The fourth-order valence-corrected chi connectivity index (χ4v) is 8.92. The number of halogens is 2. The van der Waals surface area contributed by atoms with Gasteiger partial charge in [-0.25, -0.2) is 9.69 Å². The first-order valence-corrected chi connectivity index (χ1v) is 14.7. The molecule has 202 valence electrons. The number of esters is 1. The maximum atomic E-state index is 14.3. The van der Waals surface area contributed by atoms with Gasteiger partial charge in [-0.2, -0.15) is 0 Å². The average molecular weight is 671 g/mol. The Morgan fingerprint density at radius 3 is 1.63 bits per heavy atom. The Bertz CT molecular complexity index is 1660. The van der Waals surface area contributed by atoms with Crippen LogP contribution in [0.25, 0.3) is 0 Å². The highest BCUT2D eigenvalue weighted by Gasteiger charge is 2.72. The number of anilines is 1. The van der Waals surface area contributed by atoms with Gasteiger partial charge in [0.05, 0.1) is 31.7 Å². The number of amides is 2. The van der Waals surface area contributed by atoms with Gasteiger partial charge in [-0.1, -0.05) is 117 Å². The fourth-order valence-electron chi connectivity index (χ4n) is 6.62. The van der Waals surface area contributed by atoms with Crippen molar-refractivity contribution < 1.29 is 23.9 Å². The van der Waals surface area contributed by atoms with Crippen LogP contribution in [0.3, 0.4) is 0 Å². The molecule has 6 nitrogen and oxygen atoms in total. The van der Waals surface area contributed by atoms with Gasteiger partial charge in [0.1, 0.15) is 0 Å². The van der Waals surface area contributed by atoms with Crippen molar-refractivity contribution in [3.8, 4) is 0 Å². The first kappa shape index (κ1) is 26.0. The zero-order valence-corrected chi connectivity index (χ0v) is 24.6. The van der Waals surface area contributed by atoms with Crippen LogP contribution in [0, 0.1) is 11.8 Å². The fraction of sp³-hybridized carbons (Fsp3) is 0.152. The van der Waals surface area contributed by atoms with Crippen LogP contribution in [0.2, 0.25) is 0 Å². The van der Waals surface area contributed by atoms with Crippen molar-refractivity contribution >= 4 is 61.1 Å². The van der Waals surface area contributed by atoms with E-state index in [1.165, 1.54) is 17.0 Å². The third kappa shape index (κ3) is 3.53. The van der Waals surface area contributed by atoms with Crippen LogP contribution in [0.5, 0.6) is 0 Å². The van der Waals surface area contributed by atoms with Crippen molar-refractivity contribution in [3.05, 3.63) is 137 Å². The second-order valence-electron chi connectivity index (χ2n) is 10.4. The molecule has 1 saturated heterocycles. The molecule has 0 saturated carbocycles. The monoisotopic (exact) mass is 669 g/mol. The van der Waals surface area contributed by atoms with Gasteiger partial charge >= 0.3 is 5.97 Å². The number of ketones is 1. The number of carbonyl (C=O) groups excluding carboxylic acids is 4. The topological polar surface area (TPSA) is 80.8 Å². The summed E-state index contributed by atoms with van der Waals surface area (Å²) < 4.78 is 3.47. The Morgan fingerprint density at radius 2 is 1.12 bits per heavy atom. The summed E-state index contributed by atoms with van der Waals surface area (Å²) in [6, 6.07) is 30.5. The molecule has 1 fully saturated rings. The van der Waals surface area contributed by atoms with Crippen molar-refractivity contribution in [2.24, 2.45) is 11.8 Å². The molecule has 41 heavy (non-hydrogen) atoms. The summed E-state index contributed by atoms with van der Waals surface area (Å²) in [7, 11) is 0. The van der Waals surface area contributed by atoms with Crippen LogP contribution >= 0.6 is 31.9 Å². The molecule has 8 rings (SSSR count).